The van der Waals surface area contributed by atoms with Gasteiger partial charge in [-0.2, -0.15) is 0 Å². The molecule has 0 spiro atoms. The Hall–Kier alpha value is -3.18. The molecule has 1 aliphatic heterocycles. The Bertz CT molecular complexity index is 1160. The van der Waals surface area contributed by atoms with Crippen LogP contribution in [0.5, 0.6) is 11.5 Å². The van der Waals surface area contributed by atoms with Gasteiger partial charge in [-0.3, -0.25) is 4.79 Å². The van der Waals surface area contributed by atoms with Crippen LogP contribution in [0.25, 0.3) is 11.0 Å². The van der Waals surface area contributed by atoms with Gasteiger partial charge in [0.25, 0.3) is 0 Å². The van der Waals surface area contributed by atoms with Crippen molar-refractivity contribution in [3.05, 3.63) is 42.0 Å². The number of sulfonamides is 1. The lowest BCUT2D eigenvalue weighted by Crippen LogP contribution is -2.35. The third-order valence-electron chi connectivity index (χ3n) is 4.45. The molecule has 1 aliphatic rings. The topological polar surface area (TPSA) is 133 Å². The molecule has 2 N–H and O–H groups in total. The second-order valence-electron chi connectivity index (χ2n) is 6.64. The summed E-state index contributed by atoms with van der Waals surface area (Å²) in [6.45, 7) is 1.33. The van der Waals surface area contributed by atoms with Gasteiger partial charge in [-0.1, -0.05) is 12.1 Å². The number of ether oxygens (including phenoxy) is 2. The van der Waals surface area contributed by atoms with Crippen molar-refractivity contribution in [3.63, 3.8) is 0 Å². The third kappa shape index (κ3) is 4.52. The highest BCUT2D eigenvalue weighted by Crippen LogP contribution is 2.30. The van der Waals surface area contributed by atoms with Gasteiger partial charge in [0.2, 0.25) is 15.9 Å². The Balaban J connectivity index is 1.29. The minimum absolute atomic E-state index is 0.0247. The molecule has 1 aromatic heterocycles. The standard InChI is InChI=1S/C19H20N4O6S/c24-18(12-13-5-6-15-16(11-13)28-10-2-9-27-15)20-7-8-21-30(25,26)17-4-1-3-14-19(17)23-29-22-14/h1,3-6,11,21H,2,7-10,12H2,(H,20,24). The van der Waals surface area contributed by atoms with E-state index in [1.54, 1.807) is 24.3 Å². The zero-order chi connectivity index (χ0) is 21.0. The predicted octanol–water partition coefficient (Wildman–Crippen LogP) is 1.02. The summed E-state index contributed by atoms with van der Waals surface area (Å²) in [4.78, 5) is 12.2. The molecule has 10 nitrogen and oxygen atoms in total. The molecule has 30 heavy (non-hydrogen) atoms. The molecule has 3 aromatic rings. The molecule has 11 heteroatoms. The summed E-state index contributed by atoms with van der Waals surface area (Å²) in [7, 11) is -3.82. The molecule has 0 bridgehead atoms. The van der Waals surface area contributed by atoms with Crippen LogP contribution < -0.4 is 19.5 Å². The molecule has 0 radical (unpaired) electrons. The van der Waals surface area contributed by atoms with Gasteiger partial charge < -0.3 is 14.8 Å². The van der Waals surface area contributed by atoms with E-state index in [0.717, 1.165) is 12.0 Å². The van der Waals surface area contributed by atoms with Crippen LogP contribution in [0.1, 0.15) is 12.0 Å². The summed E-state index contributed by atoms with van der Waals surface area (Å²) in [5.41, 5.74) is 1.28. The smallest absolute Gasteiger partial charge is 0.242 e. The summed E-state index contributed by atoms with van der Waals surface area (Å²) < 4.78 is 43.2. The number of hydrogen-bond donors (Lipinski definition) is 2. The average molecular weight is 432 g/mol. The number of rotatable bonds is 7. The van der Waals surface area contributed by atoms with E-state index in [-0.39, 0.29) is 35.8 Å². The van der Waals surface area contributed by atoms with Crippen molar-refractivity contribution in [1.82, 2.24) is 20.4 Å². The van der Waals surface area contributed by atoms with Gasteiger partial charge in [0.1, 0.15) is 10.4 Å². The normalized spacial score (nSPS) is 13.7. The molecule has 4 rings (SSSR count). The monoisotopic (exact) mass is 432 g/mol. The summed E-state index contributed by atoms with van der Waals surface area (Å²) in [6.07, 6.45) is 0.954. The van der Waals surface area contributed by atoms with E-state index in [1.165, 1.54) is 6.07 Å². The van der Waals surface area contributed by atoms with Crippen molar-refractivity contribution in [2.45, 2.75) is 17.7 Å². The summed E-state index contributed by atoms with van der Waals surface area (Å²) in [5.74, 6) is 1.07. The fourth-order valence-electron chi connectivity index (χ4n) is 3.03. The zero-order valence-electron chi connectivity index (χ0n) is 16.0. The maximum absolute atomic E-state index is 12.5. The van der Waals surface area contributed by atoms with Crippen LogP contribution >= 0.6 is 0 Å². The third-order valence-corrected chi connectivity index (χ3v) is 5.95. The first-order valence-corrected chi connectivity index (χ1v) is 10.9. The quantitative estimate of drug-likeness (QED) is 0.529. The maximum atomic E-state index is 12.5. The molecule has 0 aliphatic carbocycles. The highest BCUT2D eigenvalue weighted by Gasteiger charge is 2.20. The van der Waals surface area contributed by atoms with Gasteiger partial charge >= 0.3 is 0 Å². The van der Waals surface area contributed by atoms with Crippen LogP contribution in [0.3, 0.4) is 0 Å². The number of nitrogens with one attached hydrogen (secondary N) is 2. The van der Waals surface area contributed by atoms with Crippen LogP contribution in [0.2, 0.25) is 0 Å². The van der Waals surface area contributed by atoms with E-state index in [9.17, 15) is 13.2 Å². The number of fused-ring (bicyclic) bond motifs is 2. The first-order chi connectivity index (χ1) is 14.5. The number of hydrogen-bond acceptors (Lipinski definition) is 8. The second-order valence-corrected chi connectivity index (χ2v) is 8.38. The van der Waals surface area contributed by atoms with Gasteiger partial charge in [-0.25, -0.2) is 17.8 Å². The zero-order valence-corrected chi connectivity index (χ0v) is 16.8. The van der Waals surface area contributed by atoms with Crippen molar-refractivity contribution in [2.75, 3.05) is 26.3 Å². The van der Waals surface area contributed by atoms with Gasteiger partial charge in [0.05, 0.1) is 19.6 Å². The van der Waals surface area contributed by atoms with Gasteiger partial charge in [-0.15, -0.1) is 0 Å². The van der Waals surface area contributed by atoms with Crippen LogP contribution in [-0.2, 0) is 21.2 Å². The van der Waals surface area contributed by atoms with E-state index in [4.69, 9.17) is 9.47 Å². The number of benzene rings is 2. The molecule has 0 saturated carbocycles. The average Bonchev–Trinajstić information content (AvgIpc) is 3.09. The summed E-state index contributed by atoms with van der Waals surface area (Å²) >= 11 is 0. The molecule has 0 saturated heterocycles. The number of nitrogens with zero attached hydrogens (tertiary/aromatic N) is 2. The van der Waals surface area contributed by atoms with Crippen molar-refractivity contribution in [3.8, 4) is 11.5 Å². The number of aromatic nitrogens is 2. The van der Waals surface area contributed by atoms with Gasteiger partial charge in [0.15, 0.2) is 17.0 Å². The van der Waals surface area contributed by atoms with Crippen molar-refractivity contribution < 1.29 is 27.3 Å². The van der Waals surface area contributed by atoms with E-state index in [1.807, 2.05) is 6.07 Å². The first-order valence-electron chi connectivity index (χ1n) is 9.39. The molecule has 0 unspecified atom stereocenters. The van der Waals surface area contributed by atoms with E-state index >= 15 is 0 Å². The summed E-state index contributed by atoms with van der Waals surface area (Å²) in [5, 5.41) is 9.96. The Kier molecular flexibility index (Phi) is 5.81. The Morgan fingerprint density at radius 1 is 1.03 bits per heavy atom. The fraction of sp³-hybridized carbons (Fsp3) is 0.316. The minimum Gasteiger partial charge on any atom is -0.490 e. The summed E-state index contributed by atoms with van der Waals surface area (Å²) in [6, 6.07) is 9.95. The first kappa shape index (κ1) is 20.1. The van der Waals surface area contributed by atoms with Crippen molar-refractivity contribution in [2.24, 2.45) is 0 Å². The number of carbonyl (C=O) groups excluding carboxylic acids is 1. The Morgan fingerprint density at radius 3 is 2.73 bits per heavy atom. The Morgan fingerprint density at radius 2 is 1.87 bits per heavy atom. The molecule has 2 heterocycles. The SMILES string of the molecule is O=C(Cc1ccc2c(c1)OCCCO2)NCCNS(=O)(=O)c1cccc2nonc12. The molecule has 2 aromatic carbocycles. The van der Waals surface area contributed by atoms with E-state index in [2.05, 4.69) is 25.0 Å². The van der Waals surface area contributed by atoms with Crippen molar-refractivity contribution in [1.29, 1.82) is 0 Å². The van der Waals surface area contributed by atoms with Crippen molar-refractivity contribution >= 4 is 27.0 Å². The molecular formula is C19H20N4O6S. The lowest BCUT2D eigenvalue weighted by Gasteiger charge is -2.10. The molecule has 0 fully saturated rings. The van der Waals surface area contributed by atoms with Crippen LogP contribution in [0.4, 0.5) is 0 Å². The maximum Gasteiger partial charge on any atom is 0.242 e. The molecule has 0 atom stereocenters. The number of carbonyl (C=O) groups is 1. The highest BCUT2D eigenvalue weighted by atomic mass is 32.2. The van der Waals surface area contributed by atoms with Crippen LogP contribution in [-0.4, -0.2) is 50.9 Å². The fourth-order valence-corrected chi connectivity index (χ4v) is 4.21. The minimum atomic E-state index is -3.82. The second kappa shape index (κ2) is 8.67. The lowest BCUT2D eigenvalue weighted by atomic mass is 10.1. The van der Waals surface area contributed by atoms with Gasteiger partial charge in [0, 0.05) is 19.5 Å². The Labute approximate surface area is 172 Å². The largest absolute Gasteiger partial charge is 0.490 e. The van der Waals surface area contributed by atoms with Crippen LogP contribution in [0, 0.1) is 0 Å². The lowest BCUT2D eigenvalue weighted by molar-refractivity contribution is -0.120. The highest BCUT2D eigenvalue weighted by molar-refractivity contribution is 7.89. The van der Waals surface area contributed by atoms with Crippen LogP contribution in [0.15, 0.2) is 45.9 Å². The number of amides is 1. The molecule has 1 amide bonds. The van der Waals surface area contributed by atoms with E-state index in [0.29, 0.717) is 30.2 Å². The van der Waals surface area contributed by atoms with E-state index < -0.39 is 10.0 Å². The van der Waals surface area contributed by atoms with Gasteiger partial charge in [-0.05, 0) is 40.1 Å². The predicted molar refractivity (Wildman–Crippen MR) is 106 cm³/mol. The molecular weight excluding hydrogens is 412 g/mol. The molecule has 158 valence electrons.